The number of hydrogen-bond acceptors (Lipinski definition) is 4. The molecular weight excluding hydrogens is 346 g/mol. The van der Waals surface area contributed by atoms with Crippen molar-refractivity contribution in [3.63, 3.8) is 0 Å². The molecule has 2 N–H and O–H groups in total. The van der Waals surface area contributed by atoms with Crippen molar-refractivity contribution in [1.29, 1.82) is 0 Å². The maximum Gasteiger partial charge on any atom is 0.338 e. The summed E-state index contributed by atoms with van der Waals surface area (Å²) in [6, 6.07) is 6.44. The first kappa shape index (κ1) is 20.7. The number of esters is 1. The lowest BCUT2D eigenvalue weighted by Crippen LogP contribution is -2.36. The van der Waals surface area contributed by atoms with Crippen molar-refractivity contribution in [3.05, 3.63) is 41.0 Å². The van der Waals surface area contributed by atoms with Crippen LogP contribution >= 0.6 is 0 Å². The zero-order chi connectivity index (χ0) is 20.0. The van der Waals surface area contributed by atoms with Crippen LogP contribution in [0.15, 0.2) is 35.4 Å². The number of nitrogens with one attached hydrogen (secondary N) is 1. The Hall–Kier alpha value is -2.63. The predicted molar refractivity (Wildman–Crippen MR) is 102 cm³/mol. The van der Waals surface area contributed by atoms with E-state index < -0.39 is 23.8 Å². The highest BCUT2D eigenvalue weighted by Gasteiger charge is 2.37. The van der Waals surface area contributed by atoms with Crippen LogP contribution in [0.25, 0.3) is 0 Å². The van der Waals surface area contributed by atoms with E-state index in [4.69, 9.17) is 4.74 Å². The summed E-state index contributed by atoms with van der Waals surface area (Å²) in [4.78, 5) is 36.1. The number of aliphatic carboxylic acids is 1. The van der Waals surface area contributed by atoms with Crippen LogP contribution in [0.3, 0.4) is 0 Å². The highest BCUT2D eigenvalue weighted by molar-refractivity contribution is 5.96. The number of rotatable bonds is 7. The fraction of sp³-hybridized carbons (Fsp3) is 0.476. The van der Waals surface area contributed by atoms with Gasteiger partial charge in [0.15, 0.2) is 0 Å². The molecule has 1 aromatic rings. The molecule has 0 saturated heterocycles. The van der Waals surface area contributed by atoms with Crippen LogP contribution in [-0.4, -0.2) is 29.6 Å². The summed E-state index contributed by atoms with van der Waals surface area (Å²) >= 11 is 0. The standard InChI is InChI=1S/C21H27NO5/c1-4-5-10-27-21(26)15-6-8-16(9-7-15)22-19(23)17-11-13(2)14(3)12-18(17)20(24)25/h6-9,17-18H,4-5,10-12H2,1-3H3,(H,22,23)(H,24,25). The topological polar surface area (TPSA) is 92.7 Å². The average Bonchev–Trinajstić information content (AvgIpc) is 2.64. The van der Waals surface area contributed by atoms with Crippen molar-refractivity contribution in [1.82, 2.24) is 0 Å². The first-order valence-corrected chi connectivity index (χ1v) is 9.29. The molecule has 6 heteroatoms. The molecule has 0 aromatic heterocycles. The van der Waals surface area contributed by atoms with E-state index >= 15 is 0 Å². The minimum atomic E-state index is -0.952. The lowest BCUT2D eigenvalue weighted by Gasteiger charge is -2.29. The van der Waals surface area contributed by atoms with Crippen LogP contribution in [0.5, 0.6) is 0 Å². The van der Waals surface area contributed by atoms with Crippen LogP contribution in [0, 0.1) is 11.8 Å². The van der Waals surface area contributed by atoms with E-state index in [1.54, 1.807) is 24.3 Å². The number of carbonyl (C=O) groups excluding carboxylic acids is 2. The number of benzene rings is 1. The Morgan fingerprint density at radius 3 is 2.22 bits per heavy atom. The molecule has 146 valence electrons. The van der Waals surface area contributed by atoms with Gasteiger partial charge in [0, 0.05) is 5.69 Å². The number of carboxylic acids is 1. The van der Waals surface area contributed by atoms with Crippen LogP contribution < -0.4 is 5.32 Å². The predicted octanol–water partition coefficient (Wildman–Crippen LogP) is 4.03. The van der Waals surface area contributed by atoms with E-state index in [0.717, 1.165) is 24.0 Å². The van der Waals surface area contributed by atoms with Gasteiger partial charge in [-0.25, -0.2) is 4.79 Å². The number of allylic oxidation sites excluding steroid dienone is 2. The summed E-state index contributed by atoms with van der Waals surface area (Å²) in [7, 11) is 0. The Bertz CT molecular complexity index is 735. The molecule has 1 amide bonds. The van der Waals surface area contributed by atoms with E-state index in [9.17, 15) is 19.5 Å². The monoisotopic (exact) mass is 373 g/mol. The molecular formula is C21H27NO5. The Morgan fingerprint density at radius 1 is 1.07 bits per heavy atom. The molecule has 0 saturated carbocycles. The molecule has 0 radical (unpaired) electrons. The van der Waals surface area contributed by atoms with Gasteiger partial charge in [-0.2, -0.15) is 0 Å². The second-order valence-electron chi connectivity index (χ2n) is 7.08. The molecule has 1 aliphatic carbocycles. The molecule has 0 bridgehead atoms. The number of anilines is 1. The molecule has 0 aliphatic heterocycles. The maximum absolute atomic E-state index is 12.6. The van der Waals surface area contributed by atoms with Gasteiger partial charge in [-0.3, -0.25) is 9.59 Å². The minimum absolute atomic E-state index is 0.312. The van der Waals surface area contributed by atoms with E-state index in [0.29, 0.717) is 30.7 Å². The highest BCUT2D eigenvalue weighted by Crippen LogP contribution is 2.35. The van der Waals surface area contributed by atoms with Gasteiger partial charge in [0.05, 0.1) is 24.0 Å². The molecule has 1 aliphatic rings. The van der Waals surface area contributed by atoms with Gasteiger partial charge in [0.25, 0.3) is 0 Å². The van der Waals surface area contributed by atoms with Crippen molar-refractivity contribution in [2.45, 2.75) is 46.5 Å². The first-order chi connectivity index (χ1) is 12.8. The summed E-state index contributed by atoms with van der Waals surface area (Å²) in [5.41, 5.74) is 3.05. The third-order valence-corrected chi connectivity index (χ3v) is 5.04. The molecule has 0 spiro atoms. The zero-order valence-corrected chi connectivity index (χ0v) is 16.1. The van der Waals surface area contributed by atoms with Gasteiger partial charge in [-0.05, 0) is 57.4 Å². The molecule has 6 nitrogen and oxygen atoms in total. The van der Waals surface area contributed by atoms with Crippen LogP contribution in [0.1, 0.15) is 56.8 Å². The lowest BCUT2D eigenvalue weighted by atomic mass is 9.76. The van der Waals surface area contributed by atoms with Crippen molar-refractivity contribution in [3.8, 4) is 0 Å². The second-order valence-corrected chi connectivity index (χ2v) is 7.08. The van der Waals surface area contributed by atoms with Crippen molar-refractivity contribution < 1.29 is 24.2 Å². The quantitative estimate of drug-likeness (QED) is 0.428. The molecule has 2 rings (SSSR count). The Kier molecular flexibility index (Phi) is 7.16. The van der Waals surface area contributed by atoms with Crippen molar-refractivity contribution in [2.75, 3.05) is 11.9 Å². The molecule has 0 fully saturated rings. The number of ether oxygens (including phenoxy) is 1. The highest BCUT2D eigenvalue weighted by atomic mass is 16.5. The molecule has 27 heavy (non-hydrogen) atoms. The van der Waals surface area contributed by atoms with Crippen molar-refractivity contribution in [2.24, 2.45) is 11.8 Å². The summed E-state index contributed by atoms with van der Waals surface area (Å²) in [5, 5.41) is 12.2. The van der Waals surface area contributed by atoms with Gasteiger partial charge >= 0.3 is 11.9 Å². The second kappa shape index (κ2) is 9.35. The first-order valence-electron chi connectivity index (χ1n) is 9.29. The van der Waals surface area contributed by atoms with Gasteiger partial charge in [-0.1, -0.05) is 24.5 Å². The van der Waals surface area contributed by atoms with Crippen molar-refractivity contribution >= 4 is 23.5 Å². The number of carbonyl (C=O) groups is 3. The zero-order valence-electron chi connectivity index (χ0n) is 16.1. The molecule has 2 unspecified atom stereocenters. The Morgan fingerprint density at radius 2 is 1.67 bits per heavy atom. The fourth-order valence-corrected chi connectivity index (χ4v) is 3.14. The Labute approximate surface area is 159 Å². The van der Waals surface area contributed by atoms with E-state index in [2.05, 4.69) is 5.32 Å². The van der Waals surface area contributed by atoms with Crippen LogP contribution in [-0.2, 0) is 14.3 Å². The van der Waals surface area contributed by atoms with Gasteiger partial charge in [0.2, 0.25) is 5.91 Å². The van der Waals surface area contributed by atoms with Gasteiger partial charge in [-0.15, -0.1) is 0 Å². The largest absolute Gasteiger partial charge is 0.481 e. The summed E-state index contributed by atoms with van der Waals surface area (Å²) < 4.78 is 5.15. The number of carboxylic acid groups (broad SMARTS) is 1. The number of amides is 1. The summed E-state index contributed by atoms with van der Waals surface area (Å²) in [6.07, 6.45) is 2.60. The third kappa shape index (κ3) is 5.42. The smallest absolute Gasteiger partial charge is 0.338 e. The van der Waals surface area contributed by atoms with Gasteiger partial charge in [0.1, 0.15) is 0 Å². The van der Waals surface area contributed by atoms with Gasteiger partial charge < -0.3 is 15.2 Å². The minimum Gasteiger partial charge on any atom is -0.481 e. The number of hydrogen-bond donors (Lipinski definition) is 2. The fourth-order valence-electron chi connectivity index (χ4n) is 3.14. The normalized spacial score (nSPS) is 19.5. The number of unbranched alkanes of at least 4 members (excludes halogenated alkanes) is 1. The lowest BCUT2D eigenvalue weighted by molar-refractivity contribution is -0.146. The van der Waals surface area contributed by atoms with E-state index in [-0.39, 0.29) is 5.91 Å². The average molecular weight is 373 g/mol. The Balaban J connectivity index is 2.02. The molecule has 2 atom stereocenters. The molecule has 0 heterocycles. The SMILES string of the molecule is CCCCOC(=O)c1ccc(NC(=O)C2CC(C)=C(C)CC2C(=O)O)cc1. The van der Waals surface area contributed by atoms with Crippen LogP contribution in [0.2, 0.25) is 0 Å². The summed E-state index contributed by atoms with van der Waals surface area (Å²) in [6.45, 7) is 6.26. The molecule has 1 aromatic carbocycles. The summed E-state index contributed by atoms with van der Waals surface area (Å²) in [5.74, 6) is -2.98. The van der Waals surface area contributed by atoms with Crippen LogP contribution in [0.4, 0.5) is 5.69 Å². The van der Waals surface area contributed by atoms with E-state index in [1.165, 1.54) is 0 Å². The maximum atomic E-state index is 12.6. The van der Waals surface area contributed by atoms with E-state index in [1.807, 2.05) is 20.8 Å². The third-order valence-electron chi connectivity index (χ3n) is 5.04.